The molecule has 1 aromatic rings. The molecule has 18 heavy (non-hydrogen) atoms. The summed E-state index contributed by atoms with van der Waals surface area (Å²) >= 11 is 0. The maximum Gasteiger partial charge on any atom is 0.335 e. The number of carboxylic acids is 1. The summed E-state index contributed by atoms with van der Waals surface area (Å²) in [5, 5.41) is 8.97. The average Bonchev–Trinajstić information content (AvgIpc) is 2.30. The summed E-state index contributed by atoms with van der Waals surface area (Å²) in [7, 11) is 1.66. The molecular weight excluding hydrogens is 232 g/mol. The lowest BCUT2D eigenvalue weighted by atomic mass is 10.1. The van der Waals surface area contributed by atoms with Gasteiger partial charge in [0.2, 0.25) is 0 Å². The predicted octanol–water partition coefficient (Wildman–Crippen LogP) is 2.81. The van der Waals surface area contributed by atoms with E-state index >= 15 is 0 Å². The number of ether oxygens (including phenoxy) is 2. The first kappa shape index (κ1) is 14.5. The second-order valence-corrected chi connectivity index (χ2v) is 4.45. The van der Waals surface area contributed by atoms with Crippen LogP contribution in [0.1, 0.15) is 34.8 Å². The Morgan fingerprint density at radius 2 is 1.89 bits per heavy atom. The van der Waals surface area contributed by atoms with Gasteiger partial charge in [-0.25, -0.2) is 4.79 Å². The molecule has 1 N–H and O–H groups in total. The lowest BCUT2D eigenvalue weighted by Crippen LogP contribution is -2.15. The summed E-state index contributed by atoms with van der Waals surface area (Å²) in [6, 6.07) is 3.27. The van der Waals surface area contributed by atoms with Crippen LogP contribution in [0.2, 0.25) is 0 Å². The molecule has 4 heteroatoms. The zero-order chi connectivity index (χ0) is 13.7. The zero-order valence-corrected chi connectivity index (χ0v) is 11.3. The van der Waals surface area contributed by atoms with Crippen LogP contribution >= 0.6 is 0 Å². The Kier molecular flexibility index (Phi) is 5.16. The highest BCUT2D eigenvalue weighted by molar-refractivity contribution is 5.88. The van der Waals surface area contributed by atoms with Crippen molar-refractivity contribution in [3.63, 3.8) is 0 Å². The van der Waals surface area contributed by atoms with E-state index in [1.807, 2.05) is 20.8 Å². The van der Waals surface area contributed by atoms with Gasteiger partial charge in [-0.2, -0.15) is 0 Å². The van der Waals surface area contributed by atoms with Gasteiger partial charge in [0.05, 0.1) is 11.7 Å². The van der Waals surface area contributed by atoms with Crippen LogP contribution in [0.4, 0.5) is 0 Å². The molecule has 1 atom stereocenters. The number of methoxy groups -OCH3 is 1. The summed E-state index contributed by atoms with van der Waals surface area (Å²) < 4.78 is 10.8. The van der Waals surface area contributed by atoms with Crippen molar-refractivity contribution in [1.29, 1.82) is 0 Å². The average molecular weight is 252 g/mol. The molecule has 0 saturated heterocycles. The van der Waals surface area contributed by atoms with Crippen LogP contribution in [0.5, 0.6) is 5.75 Å². The maximum absolute atomic E-state index is 10.9. The first-order valence-electron chi connectivity index (χ1n) is 5.95. The SMILES string of the molecule is COCCC(C)Oc1c(C)cc(C(=O)O)cc1C. The molecule has 0 aliphatic carbocycles. The van der Waals surface area contributed by atoms with Crippen molar-refractivity contribution in [1.82, 2.24) is 0 Å². The molecule has 4 nitrogen and oxygen atoms in total. The zero-order valence-electron chi connectivity index (χ0n) is 11.3. The van der Waals surface area contributed by atoms with Gasteiger partial charge in [0, 0.05) is 20.1 Å². The Morgan fingerprint density at radius 3 is 2.33 bits per heavy atom. The Labute approximate surface area is 108 Å². The van der Waals surface area contributed by atoms with Crippen LogP contribution in [-0.2, 0) is 4.74 Å². The minimum absolute atomic E-state index is 0.0398. The second kappa shape index (κ2) is 6.40. The van der Waals surface area contributed by atoms with Gasteiger partial charge in [0.15, 0.2) is 0 Å². The van der Waals surface area contributed by atoms with E-state index in [-0.39, 0.29) is 6.10 Å². The van der Waals surface area contributed by atoms with Gasteiger partial charge in [-0.3, -0.25) is 0 Å². The van der Waals surface area contributed by atoms with Gasteiger partial charge in [0.1, 0.15) is 5.75 Å². The number of carboxylic acid groups (broad SMARTS) is 1. The third-order valence-corrected chi connectivity index (χ3v) is 2.75. The van der Waals surface area contributed by atoms with E-state index in [0.717, 1.165) is 23.3 Å². The molecule has 0 radical (unpaired) electrons. The maximum atomic E-state index is 10.9. The number of aromatic carboxylic acids is 1. The molecule has 0 aliphatic heterocycles. The lowest BCUT2D eigenvalue weighted by molar-refractivity contribution is 0.0696. The van der Waals surface area contributed by atoms with Crippen molar-refractivity contribution < 1.29 is 19.4 Å². The standard InChI is InChI=1S/C14H20O4/c1-9-7-12(14(15)16)8-10(2)13(9)18-11(3)5-6-17-4/h7-8,11H,5-6H2,1-4H3,(H,15,16). The van der Waals surface area contributed by atoms with Crippen molar-refractivity contribution in [3.8, 4) is 5.75 Å². The molecular formula is C14H20O4. The smallest absolute Gasteiger partial charge is 0.335 e. The van der Waals surface area contributed by atoms with E-state index in [1.165, 1.54) is 0 Å². The fourth-order valence-electron chi connectivity index (χ4n) is 1.80. The van der Waals surface area contributed by atoms with Crippen molar-refractivity contribution in [2.75, 3.05) is 13.7 Å². The van der Waals surface area contributed by atoms with Gasteiger partial charge >= 0.3 is 5.97 Å². The first-order chi connectivity index (χ1) is 8.45. The highest BCUT2D eigenvalue weighted by Crippen LogP contribution is 2.26. The number of carbonyl (C=O) groups is 1. The Balaban J connectivity index is 2.86. The summed E-state index contributed by atoms with van der Waals surface area (Å²) in [6.45, 7) is 6.34. The summed E-state index contributed by atoms with van der Waals surface area (Å²) in [4.78, 5) is 10.9. The number of benzene rings is 1. The normalized spacial score (nSPS) is 12.2. The van der Waals surface area contributed by atoms with Crippen molar-refractivity contribution in [3.05, 3.63) is 28.8 Å². The molecule has 0 bridgehead atoms. The first-order valence-corrected chi connectivity index (χ1v) is 5.95. The molecule has 0 spiro atoms. The minimum atomic E-state index is -0.916. The van der Waals surface area contributed by atoms with Crippen LogP contribution in [-0.4, -0.2) is 30.9 Å². The van der Waals surface area contributed by atoms with Crippen molar-refractivity contribution in [2.45, 2.75) is 33.3 Å². The quantitative estimate of drug-likeness (QED) is 0.845. The number of hydrogen-bond acceptors (Lipinski definition) is 3. The molecule has 100 valence electrons. The summed E-state index contributed by atoms with van der Waals surface area (Å²) in [5.41, 5.74) is 1.98. The van der Waals surface area contributed by atoms with Gasteiger partial charge in [-0.1, -0.05) is 0 Å². The van der Waals surface area contributed by atoms with Crippen LogP contribution in [0.3, 0.4) is 0 Å². The molecule has 0 saturated carbocycles. The molecule has 0 amide bonds. The Morgan fingerprint density at radius 1 is 1.33 bits per heavy atom. The Hall–Kier alpha value is -1.55. The van der Waals surface area contributed by atoms with E-state index in [4.69, 9.17) is 14.6 Å². The van der Waals surface area contributed by atoms with Gasteiger partial charge < -0.3 is 14.6 Å². The second-order valence-electron chi connectivity index (χ2n) is 4.45. The minimum Gasteiger partial charge on any atom is -0.490 e. The fourth-order valence-corrected chi connectivity index (χ4v) is 1.80. The molecule has 0 fully saturated rings. The van der Waals surface area contributed by atoms with Crippen molar-refractivity contribution in [2.24, 2.45) is 0 Å². The van der Waals surface area contributed by atoms with E-state index in [1.54, 1.807) is 19.2 Å². The number of rotatable bonds is 6. The summed E-state index contributed by atoms with van der Waals surface area (Å²) in [6.07, 6.45) is 0.841. The van der Waals surface area contributed by atoms with Crippen LogP contribution in [0.15, 0.2) is 12.1 Å². The molecule has 0 aromatic heterocycles. The molecule has 0 aliphatic rings. The third-order valence-electron chi connectivity index (χ3n) is 2.75. The molecule has 1 unspecified atom stereocenters. The molecule has 0 heterocycles. The van der Waals surface area contributed by atoms with E-state index < -0.39 is 5.97 Å². The highest BCUT2D eigenvalue weighted by atomic mass is 16.5. The number of aryl methyl sites for hydroxylation is 2. The van der Waals surface area contributed by atoms with Gasteiger partial charge in [-0.15, -0.1) is 0 Å². The predicted molar refractivity (Wildman–Crippen MR) is 69.5 cm³/mol. The molecule has 1 aromatic carbocycles. The van der Waals surface area contributed by atoms with Crippen LogP contribution < -0.4 is 4.74 Å². The third kappa shape index (κ3) is 3.74. The van der Waals surface area contributed by atoms with E-state index in [2.05, 4.69) is 0 Å². The molecule has 1 rings (SSSR count). The van der Waals surface area contributed by atoms with Gasteiger partial charge in [-0.05, 0) is 44.0 Å². The van der Waals surface area contributed by atoms with Crippen LogP contribution in [0.25, 0.3) is 0 Å². The summed E-state index contributed by atoms with van der Waals surface area (Å²) in [5.74, 6) is -0.149. The van der Waals surface area contributed by atoms with E-state index in [9.17, 15) is 4.79 Å². The van der Waals surface area contributed by atoms with Gasteiger partial charge in [0.25, 0.3) is 0 Å². The highest BCUT2D eigenvalue weighted by Gasteiger charge is 2.13. The fraction of sp³-hybridized carbons (Fsp3) is 0.500. The topological polar surface area (TPSA) is 55.8 Å². The monoisotopic (exact) mass is 252 g/mol. The van der Waals surface area contributed by atoms with Crippen LogP contribution in [0, 0.1) is 13.8 Å². The Bertz CT molecular complexity index is 403. The van der Waals surface area contributed by atoms with Crippen molar-refractivity contribution >= 4 is 5.97 Å². The largest absolute Gasteiger partial charge is 0.490 e. The lowest BCUT2D eigenvalue weighted by Gasteiger charge is -2.18. The number of hydrogen-bond donors (Lipinski definition) is 1. The van der Waals surface area contributed by atoms with E-state index in [0.29, 0.717) is 12.2 Å².